The Morgan fingerprint density at radius 2 is 2.12 bits per heavy atom. The van der Waals surface area contributed by atoms with E-state index in [-0.39, 0.29) is 56.9 Å². The van der Waals surface area contributed by atoms with Crippen molar-refractivity contribution in [3.63, 3.8) is 0 Å². The van der Waals surface area contributed by atoms with Crippen molar-refractivity contribution in [3.05, 3.63) is 42.5 Å². The molecule has 86 valence electrons. The van der Waals surface area contributed by atoms with E-state index in [1.165, 1.54) is 6.42 Å². The van der Waals surface area contributed by atoms with Gasteiger partial charge >= 0.3 is 51.4 Å². The molecule has 1 aromatic carbocycles. The van der Waals surface area contributed by atoms with Gasteiger partial charge in [0, 0.05) is 6.61 Å². The van der Waals surface area contributed by atoms with E-state index in [1.54, 1.807) is 6.07 Å². The van der Waals surface area contributed by atoms with E-state index in [4.69, 9.17) is 10.5 Å². The summed E-state index contributed by atoms with van der Waals surface area (Å²) in [5, 5.41) is 0. The molecule has 1 aromatic rings. The number of aryl methyl sites for hydroxylation is 1. The molecule has 1 saturated heterocycles. The number of hydrogen-bond donors (Lipinski definition) is 0. The third-order valence-corrected chi connectivity index (χ3v) is 2.04. The van der Waals surface area contributed by atoms with Crippen molar-refractivity contribution < 1.29 is 61.6 Å². The molecule has 4 heteroatoms. The Hall–Kier alpha value is 0.576. The molecule has 0 spiro atoms. The average molecular weight is 247 g/mol. The van der Waals surface area contributed by atoms with E-state index in [0.29, 0.717) is 11.8 Å². The van der Waals surface area contributed by atoms with Gasteiger partial charge in [-0.3, -0.25) is 0 Å². The monoisotopic (exact) mass is 247 g/mol. The standard InChI is InChI=1S/C7H8N.C5H9O.K.H2O/c1-6-3-2-4-7(8)5-6;1-5-3-2-4-6-5;;/h2-5,8H,1H3;5H,1-4H2;;1H2/q2*-1;+1;/p-1. The van der Waals surface area contributed by atoms with Gasteiger partial charge < -0.3 is 22.9 Å². The van der Waals surface area contributed by atoms with Gasteiger partial charge in [-0.05, 0) is 13.3 Å². The summed E-state index contributed by atoms with van der Waals surface area (Å²) in [6, 6.07) is 7.47. The van der Waals surface area contributed by atoms with Crippen molar-refractivity contribution in [3.8, 4) is 0 Å². The van der Waals surface area contributed by atoms with Gasteiger partial charge in [-0.25, -0.2) is 0 Å². The van der Waals surface area contributed by atoms with E-state index >= 15 is 0 Å². The molecular weight excluding hydrogens is 229 g/mol. The van der Waals surface area contributed by atoms with Crippen molar-refractivity contribution in [2.75, 3.05) is 6.61 Å². The van der Waals surface area contributed by atoms with Crippen LogP contribution in [0.2, 0.25) is 0 Å². The Kier molecular flexibility index (Phi) is 12.7. The summed E-state index contributed by atoms with van der Waals surface area (Å²) < 4.78 is 5.04. The van der Waals surface area contributed by atoms with Crippen molar-refractivity contribution in [1.82, 2.24) is 0 Å². The molecule has 0 aliphatic carbocycles. The summed E-state index contributed by atoms with van der Waals surface area (Å²) >= 11 is 0. The quantitative estimate of drug-likeness (QED) is 0.495. The molecule has 1 aliphatic heterocycles. The van der Waals surface area contributed by atoms with Crippen LogP contribution in [-0.4, -0.2) is 18.2 Å². The number of benzene rings is 1. The molecule has 0 radical (unpaired) electrons. The molecule has 0 amide bonds. The Balaban J connectivity index is 0. The van der Waals surface area contributed by atoms with Crippen LogP contribution >= 0.6 is 0 Å². The van der Waals surface area contributed by atoms with Crippen LogP contribution in [0, 0.1) is 13.8 Å². The molecule has 0 aromatic heterocycles. The van der Waals surface area contributed by atoms with Crippen LogP contribution in [0.3, 0.4) is 0 Å². The zero-order valence-corrected chi connectivity index (χ0v) is 13.2. The first-order valence-corrected chi connectivity index (χ1v) is 4.91. The number of rotatable bonds is 0. The minimum atomic E-state index is 0. The SMILES string of the molecule is Cc1cccc([NH-])c1.[CH2-]C1CCCO1.[K+].[OH-]. The third-order valence-electron chi connectivity index (χ3n) is 2.04. The Bertz CT molecular complexity index is 258. The summed E-state index contributed by atoms with van der Waals surface area (Å²) in [6.07, 6.45) is 2.65. The molecule has 0 saturated carbocycles. The van der Waals surface area contributed by atoms with Crippen molar-refractivity contribution in [1.29, 1.82) is 0 Å². The second-order valence-electron chi connectivity index (χ2n) is 3.50. The molecule has 16 heavy (non-hydrogen) atoms. The van der Waals surface area contributed by atoms with Gasteiger partial charge in [-0.15, -0.1) is 5.69 Å². The maximum atomic E-state index is 7.14. The minimum absolute atomic E-state index is 0. The summed E-state index contributed by atoms with van der Waals surface area (Å²) in [5.74, 6) is 0. The fourth-order valence-electron chi connectivity index (χ4n) is 1.29. The van der Waals surface area contributed by atoms with E-state index < -0.39 is 0 Å². The Morgan fingerprint density at radius 1 is 1.44 bits per heavy atom. The molecule has 1 unspecified atom stereocenters. The first-order chi connectivity index (χ1) is 6.68. The molecule has 0 bridgehead atoms. The maximum absolute atomic E-state index is 7.14. The molecular formula is C12H18KNO2-2. The van der Waals surface area contributed by atoms with Crippen LogP contribution in [0.15, 0.2) is 24.3 Å². The smallest absolute Gasteiger partial charge is 0.870 e. The number of ether oxygens (including phenoxy) is 1. The van der Waals surface area contributed by atoms with Gasteiger partial charge in [-0.2, -0.15) is 0 Å². The van der Waals surface area contributed by atoms with E-state index in [9.17, 15) is 0 Å². The Morgan fingerprint density at radius 3 is 2.38 bits per heavy atom. The topological polar surface area (TPSA) is 63.0 Å². The van der Waals surface area contributed by atoms with Gasteiger partial charge in [0.1, 0.15) is 0 Å². The fraction of sp³-hybridized carbons (Fsp3) is 0.417. The predicted molar refractivity (Wildman–Crippen MR) is 61.4 cm³/mol. The zero-order valence-electron chi connectivity index (χ0n) is 10.1. The number of hydrogen-bond acceptors (Lipinski definition) is 2. The van der Waals surface area contributed by atoms with Gasteiger partial charge in [0.05, 0.1) is 0 Å². The van der Waals surface area contributed by atoms with Crippen LogP contribution < -0.4 is 51.4 Å². The molecule has 1 fully saturated rings. The molecule has 1 heterocycles. The van der Waals surface area contributed by atoms with Crippen molar-refractivity contribution >= 4 is 5.69 Å². The van der Waals surface area contributed by atoms with E-state index in [2.05, 4.69) is 6.92 Å². The van der Waals surface area contributed by atoms with Gasteiger partial charge in [-0.1, -0.05) is 42.4 Å². The minimum Gasteiger partial charge on any atom is -0.870 e. The molecule has 2 N–H and O–H groups in total. The largest absolute Gasteiger partial charge is 1.00 e. The van der Waals surface area contributed by atoms with Crippen LogP contribution in [0.4, 0.5) is 5.69 Å². The van der Waals surface area contributed by atoms with Gasteiger partial charge in [0.25, 0.3) is 0 Å². The van der Waals surface area contributed by atoms with Crippen LogP contribution in [0.25, 0.3) is 5.73 Å². The average Bonchev–Trinajstić information content (AvgIpc) is 2.56. The Labute approximate surface area is 140 Å². The molecule has 1 aliphatic rings. The summed E-state index contributed by atoms with van der Waals surface area (Å²) in [4.78, 5) is 0. The van der Waals surface area contributed by atoms with Crippen molar-refractivity contribution in [2.45, 2.75) is 25.9 Å². The summed E-state index contributed by atoms with van der Waals surface area (Å²) in [7, 11) is 0. The van der Waals surface area contributed by atoms with Gasteiger partial charge in [0.2, 0.25) is 0 Å². The normalized spacial score (nSPS) is 17.5. The summed E-state index contributed by atoms with van der Waals surface area (Å²) in [6.45, 7) is 6.62. The van der Waals surface area contributed by atoms with Crippen molar-refractivity contribution in [2.24, 2.45) is 0 Å². The van der Waals surface area contributed by atoms with Crippen LogP contribution in [0.1, 0.15) is 18.4 Å². The zero-order chi connectivity index (χ0) is 10.4. The van der Waals surface area contributed by atoms with E-state index in [1.807, 2.05) is 25.1 Å². The molecule has 2 rings (SSSR count). The van der Waals surface area contributed by atoms with E-state index in [0.717, 1.165) is 18.6 Å². The predicted octanol–water partition coefficient (Wildman–Crippen LogP) is 0.505. The first-order valence-electron chi connectivity index (χ1n) is 4.91. The summed E-state index contributed by atoms with van der Waals surface area (Å²) in [5.41, 5.74) is 8.87. The van der Waals surface area contributed by atoms with Gasteiger partial charge in [0.15, 0.2) is 0 Å². The number of nitrogens with one attached hydrogen (secondary N) is 1. The second-order valence-corrected chi connectivity index (χ2v) is 3.50. The molecule has 1 atom stereocenters. The maximum Gasteiger partial charge on any atom is 1.00 e. The fourth-order valence-corrected chi connectivity index (χ4v) is 1.29. The first kappa shape index (κ1) is 18.9. The van der Waals surface area contributed by atoms with Crippen LogP contribution in [-0.2, 0) is 4.74 Å². The molecule has 3 nitrogen and oxygen atoms in total. The van der Waals surface area contributed by atoms with Crippen LogP contribution in [0.5, 0.6) is 0 Å². The second kappa shape index (κ2) is 10.7. The third kappa shape index (κ3) is 8.70.